The molecule has 0 saturated heterocycles. The van der Waals surface area contributed by atoms with Crippen molar-refractivity contribution < 1.29 is 9.53 Å². The lowest BCUT2D eigenvalue weighted by atomic mass is 9.85. The lowest BCUT2D eigenvalue weighted by Crippen LogP contribution is -2.33. The molecule has 0 saturated carbocycles. The predicted octanol–water partition coefficient (Wildman–Crippen LogP) is 2.01. The summed E-state index contributed by atoms with van der Waals surface area (Å²) in [7, 11) is 1.39. The molecule has 0 radical (unpaired) electrons. The molecule has 19 heavy (non-hydrogen) atoms. The number of H-pyrrole nitrogens is 1. The highest BCUT2D eigenvalue weighted by atomic mass is 16.5. The molecule has 2 rings (SSSR count). The number of benzene rings is 1. The molecule has 1 heterocycles. The molecule has 5 heteroatoms. The number of fused-ring (bicyclic) bond motifs is 1. The van der Waals surface area contributed by atoms with Crippen molar-refractivity contribution in [1.29, 1.82) is 0 Å². The molecule has 0 aliphatic heterocycles. The molecule has 1 aromatic heterocycles. The highest BCUT2D eigenvalue weighted by molar-refractivity contribution is 5.77. The first-order valence-electron chi connectivity index (χ1n) is 6.31. The SMILES string of the molecule is COC(=O)C(C(C)C)C(N)c1ccc2nc[nH]c2c1. The predicted molar refractivity (Wildman–Crippen MR) is 73.4 cm³/mol. The van der Waals surface area contributed by atoms with E-state index < -0.39 is 0 Å². The molecular formula is C14H19N3O2. The standard InChI is InChI=1S/C14H19N3O2/c1-8(2)12(14(18)19-3)13(15)9-4-5-10-11(6-9)17-7-16-10/h4-8,12-13H,15H2,1-3H3,(H,16,17). The summed E-state index contributed by atoms with van der Waals surface area (Å²) in [6.07, 6.45) is 1.64. The number of nitrogens with two attached hydrogens (primary N) is 1. The number of aromatic nitrogens is 2. The van der Waals surface area contributed by atoms with Crippen LogP contribution in [0.25, 0.3) is 11.0 Å². The van der Waals surface area contributed by atoms with Gasteiger partial charge in [0.05, 0.1) is 30.4 Å². The summed E-state index contributed by atoms with van der Waals surface area (Å²) in [6, 6.07) is 5.35. The summed E-state index contributed by atoms with van der Waals surface area (Å²) in [6.45, 7) is 3.94. The van der Waals surface area contributed by atoms with Crippen molar-refractivity contribution in [2.45, 2.75) is 19.9 Å². The van der Waals surface area contributed by atoms with Crippen LogP contribution in [0.4, 0.5) is 0 Å². The largest absolute Gasteiger partial charge is 0.469 e. The minimum Gasteiger partial charge on any atom is -0.469 e. The number of hydrogen-bond acceptors (Lipinski definition) is 4. The van der Waals surface area contributed by atoms with Crippen molar-refractivity contribution in [3.05, 3.63) is 30.1 Å². The number of carbonyl (C=O) groups excluding carboxylic acids is 1. The highest BCUT2D eigenvalue weighted by Gasteiger charge is 2.30. The van der Waals surface area contributed by atoms with Gasteiger partial charge >= 0.3 is 5.97 Å². The first-order valence-corrected chi connectivity index (χ1v) is 6.31. The average Bonchev–Trinajstić information content (AvgIpc) is 2.85. The van der Waals surface area contributed by atoms with Crippen LogP contribution in [-0.4, -0.2) is 23.0 Å². The Morgan fingerprint density at radius 1 is 1.42 bits per heavy atom. The maximum Gasteiger partial charge on any atom is 0.310 e. The summed E-state index contributed by atoms with van der Waals surface area (Å²) in [5.74, 6) is -0.516. The third-order valence-electron chi connectivity index (χ3n) is 3.41. The van der Waals surface area contributed by atoms with Crippen LogP contribution in [0.2, 0.25) is 0 Å². The average molecular weight is 261 g/mol. The van der Waals surface area contributed by atoms with Gasteiger partial charge in [0.25, 0.3) is 0 Å². The van der Waals surface area contributed by atoms with Crippen LogP contribution >= 0.6 is 0 Å². The zero-order valence-electron chi connectivity index (χ0n) is 11.4. The molecule has 1 aromatic carbocycles. The number of imidazole rings is 1. The zero-order chi connectivity index (χ0) is 14.0. The van der Waals surface area contributed by atoms with Gasteiger partial charge in [-0.25, -0.2) is 4.98 Å². The molecule has 0 spiro atoms. The van der Waals surface area contributed by atoms with E-state index in [1.165, 1.54) is 7.11 Å². The van der Waals surface area contributed by atoms with E-state index in [1.807, 2.05) is 32.0 Å². The second kappa shape index (κ2) is 5.40. The van der Waals surface area contributed by atoms with Crippen molar-refractivity contribution >= 4 is 17.0 Å². The van der Waals surface area contributed by atoms with E-state index >= 15 is 0 Å². The molecule has 2 unspecified atom stereocenters. The Balaban J connectivity index is 2.34. The summed E-state index contributed by atoms with van der Waals surface area (Å²) in [4.78, 5) is 19.1. The Bertz CT molecular complexity index is 577. The Hall–Kier alpha value is -1.88. The van der Waals surface area contributed by atoms with Gasteiger partial charge in [-0.2, -0.15) is 0 Å². The second-order valence-corrected chi connectivity index (χ2v) is 5.00. The molecule has 5 nitrogen and oxygen atoms in total. The number of nitrogens with zero attached hydrogens (tertiary/aromatic N) is 1. The van der Waals surface area contributed by atoms with Crippen molar-refractivity contribution in [3.8, 4) is 0 Å². The van der Waals surface area contributed by atoms with Crippen molar-refractivity contribution in [1.82, 2.24) is 9.97 Å². The Morgan fingerprint density at radius 2 is 2.16 bits per heavy atom. The lowest BCUT2D eigenvalue weighted by molar-refractivity contribution is -0.147. The Labute approximate surface area is 112 Å². The van der Waals surface area contributed by atoms with E-state index in [-0.39, 0.29) is 23.8 Å². The summed E-state index contributed by atoms with van der Waals surface area (Å²) < 4.78 is 4.85. The number of nitrogens with one attached hydrogen (secondary N) is 1. The maximum atomic E-state index is 11.9. The molecule has 0 aliphatic rings. The molecule has 102 valence electrons. The zero-order valence-corrected chi connectivity index (χ0v) is 11.4. The van der Waals surface area contributed by atoms with Gasteiger partial charge in [-0.05, 0) is 23.6 Å². The van der Waals surface area contributed by atoms with Crippen molar-refractivity contribution in [2.75, 3.05) is 7.11 Å². The molecule has 0 fully saturated rings. The van der Waals surface area contributed by atoms with Gasteiger partial charge in [0.2, 0.25) is 0 Å². The van der Waals surface area contributed by atoms with E-state index in [4.69, 9.17) is 10.5 Å². The van der Waals surface area contributed by atoms with Gasteiger partial charge in [-0.3, -0.25) is 4.79 Å². The van der Waals surface area contributed by atoms with Crippen LogP contribution in [0.15, 0.2) is 24.5 Å². The fraction of sp³-hybridized carbons (Fsp3) is 0.429. The number of hydrogen-bond donors (Lipinski definition) is 2. The highest BCUT2D eigenvalue weighted by Crippen LogP contribution is 2.28. The van der Waals surface area contributed by atoms with E-state index in [0.29, 0.717) is 0 Å². The summed E-state index contributed by atoms with van der Waals surface area (Å²) >= 11 is 0. The second-order valence-electron chi connectivity index (χ2n) is 5.00. The number of esters is 1. The Kier molecular flexibility index (Phi) is 3.85. The molecule has 3 N–H and O–H groups in total. The van der Waals surface area contributed by atoms with Gasteiger partial charge in [-0.1, -0.05) is 19.9 Å². The van der Waals surface area contributed by atoms with Crippen LogP contribution in [-0.2, 0) is 9.53 Å². The van der Waals surface area contributed by atoms with Crippen LogP contribution < -0.4 is 5.73 Å². The molecule has 0 amide bonds. The normalized spacial score (nSPS) is 14.6. The molecular weight excluding hydrogens is 242 g/mol. The number of rotatable bonds is 4. The van der Waals surface area contributed by atoms with Crippen molar-refractivity contribution in [3.63, 3.8) is 0 Å². The fourth-order valence-electron chi connectivity index (χ4n) is 2.34. The van der Waals surface area contributed by atoms with E-state index in [1.54, 1.807) is 6.33 Å². The minimum atomic E-state index is -0.389. The number of carbonyl (C=O) groups is 1. The van der Waals surface area contributed by atoms with Gasteiger partial charge in [0, 0.05) is 6.04 Å². The summed E-state index contributed by atoms with van der Waals surface area (Å²) in [5.41, 5.74) is 8.95. The quantitative estimate of drug-likeness (QED) is 0.825. The minimum absolute atomic E-state index is 0.111. The third kappa shape index (κ3) is 2.61. The maximum absolute atomic E-state index is 11.9. The lowest BCUT2D eigenvalue weighted by Gasteiger charge is -2.25. The van der Waals surface area contributed by atoms with Gasteiger partial charge in [0.15, 0.2) is 0 Å². The van der Waals surface area contributed by atoms with E-state index in [9.17, 15) is 4.79 Å². The molecule has 0 bridgehead atoms. The van der Waals surface area contributed by atoms with Gasteiger partial charge in [0.1, 0.15) is 0 Å². The van der Waals surface area contributed by atoms with Crippen LogP contribution in [0.5, 0.6) is 0 Å². The van der Waals surface area contributed by atoms with Crippen LogP contribution in [0, 0.1) is 11.8 Å². The monoisotopic (exact) mass is 261 g/mol. The van der Waals surface area contributed by atoms with Gasteiger partial charge < -0.3 is 15.5 Å². The third-order valence-corrected chi connectivity index (χ3v) is 3.41. The number of aromatic amines is 1. The van der Waals surface area contributed by atoms with E-state index in [2.05, 4.69) is 9.97 Å². The van der Waals surface area contributed by atoms with Gasteiger partial charge in [-0.15, -0.1) is 0 Å². The van der Waals surface area contributed by atoms with Crippen molar-refractivity contribution in [2.24, 2.45) is 17.6 Å². The summed E-state index contributed by atoms with van der Waals surface area (Å²) in [5, 5.41) is 0. The number of methoxy groups -OCH3 is 1. The van der Waals surface area contributed by atoms with Crippen LogP contribution in [0.3, 0.4) is 0 Å². The smallest absolute Gasteiger partial charge is 0.310 e. The van der Waals surface area contributed by atoms with Crippen LogP contribution in [0.1, 0.15) is 25.5 Å². The molecule has 2 atom stereocenters. The number of ether oxygens (including phenoxy) is 1. The topological polar surface area (TPSA) is 81.0 Å². The first-order chi connectivity index (χ1) is 9.04. The fourth-order valence-corrected chi connectivity index (χ4v) is 2.34. The molecule has 2 aromatic rings. The first kappa shape index (κ1) is 13.5. The molecule has 0 aliphatic carbocycles. The van der Waals surface area contributed by atoms with E-state index in [0.717, 1.165) is 16.6 Å². The Morgan fingerprint density at radius 3 is 2.79 bits per heavy atom.